The Balaban J connectivity index is 1.38. The van der Waals surface area contributed by atoms with Crippen molar-refractivity contribution in [1.82, 2.24) is 19.7 Å². The zero-order valence-corrected chi connectivity index (χ0v) is 16.8. The van der Waals surface area contributed by atoms with Gasteiger partial charge in [-0.1, -0.05) is 66.7 Å². The zero-order valence-electron chi connectivity index (χ0n) is 16.8. The van der Waals surface area contributed by atoms with Gasteiger partial charge in [0.1, 0.15) is 18.9 Å². The topological polar surface area (TPSA) is 74.8 Å². The smallest absolute Gasteiger partial charge is 0.252 e. The highest BCUT2D eigenvalue weighted by molar-refractivity contribution is 5.84. The molecule has 6 heteroatoms. The van der Waals surface area contributed by atoms with E-state index >= 15 is 0 Å². The molecular weight excluding hydrogens is 386 g/mol. The van der Waals surface area contributed by atoms with Crippen molar-refractivity contribution in [3.05, 3.63) is 96.1 Å². The van der Waals surface area contributed by atoms with Crippen LogP contribution in [0.15, 0.2) is 79.1 Å². The van der Waals surface area contributed by atoms with Crippen LogP contribution in [-0.2, 0) is 24.4 Å². The molecule has 1 aliphatic heterocycles. The van der Waals surface area contributed by atoms with E-state index in [1.54, 1.807) is 0 Å². The first-order chi connectivity index (χ1) is 15.2. The third-order valence-electron chi connectivity index (χ3n) is 5.54. The quantitative estimate of drug-likeness (QED) is 0.514. The van der Waals surface area contributed by atoms with Crippen LogP contribution in [0.4, 0.5) is 0 Å². The van der Waals surface area contributed by atoms with E-state index in [-0.39, 0.29) is 18.3 Å². The second kappa shape index (κ2) is 7.88. The number of hydrogen-bond donors (Lipinski definition) is 0. The van der Waals surface area contributed by atoms with Crippen LogP contribution in [0.5, 0.6) is 0 Å². The summed E-state index contributed by atoms with van der Waals surface area (Å²) in [5, 5.41) is 12.8. The Morgan fingerprint density at radius 2 is 1.61 bits per heavy atom. The average molecular weight is 405 g/mol. The molecule has 0 atom stereocenters. The van der Waals surface area contributed by atoms with Crippen LogP contribution in [0.3, 0.4) is 0 Å². The molecule has 0 radical (unpaired) electrons. The average Bonchev–Trinajstić information content (AvgIpc) is 3.46. The Bertz CT molecular complexity index is 1300. The predicted octanol–water partition coefficient (Wildman–Crippen LogP) is 4.03. The second-order valence-electron chi connectivity index (χ2n) is 7.52. The Labute approximate surface area is 180 Å². The Hall–Kier alpha value is -4.24. The van der Waals surface area contributed by atoms with Crippen LogP contribution in [0.25, 0.3) is 22.3 Å². The predicted molar refractivity (Wildman–Crippen MR) is 116 cm³/mol. The maximum atomic E-state index is 12.7. The Kier molecular flexibility index (Phi) is 4.77. The molecule has 31 heavy (non-hydrogen) atoms. The van der Waals surface area contributed by atoms with E-state index < -0.39 is 0 Å². The monoisotopic (exact) mass is 405 g/mol. The highest BCUT2D eigenvalue weighted by Crippen LogP contribution is 2.34. The highest BCUT2D eigenvalue weighted by Gasteiger charge is 2.24. The number of amides is 1. The van der Waals surface area contributed by atoms with Gasteiger partial charge in [-0.05, 0) is 39.4 Å². The van der Waals surface area contributed by atoms with E-state index in [1.807, 2.05) is 29.2 Å². The van der Waals surface area contributed by atoms with Gasteiger partial charge in [-0.25, -0.2) is 9.67 Å². The number of carbonyl (C=O) groups excluding carboxylic acids is 1. The molecule has 6 nitrogen and oxygen atoms in total. The van der Waals surface area contributed by atoms with Crippen LogP contribution in [-0.4, -0.2) is 25.6 Å². The zero-order chi connectivity index (χ0) is 21.2. The fourth-order valence-corrected chi connectivity index (χ4v) is 4.00. The third-order valence-corrected chi connectivity index (χ3v) is 5.54. The minimum absolute atomic E-state index is 0.0446. The molecule has 0 spiro atoms. The molecule has 1 aliphatic rings. The van der Waals surface area contributed by atoms with Gasteiger partial charge < -0.3 is 4.90 Å². The molecule has 0 saturated carbocycles. The third kappa shape index (κ3) is 3.69. The van der Waals surface area contributed by atoms with Gasteiger partial charge in [-0.2, -0.15) is 5.26 Å². The minimum Gasteiger partial charge on any atom is -0.332 e. The first-order valence-electron chi connectivity index (χ1n) is 10.1. The molecular formula is C25H19N5O. The van der Waals surface area contributed by atoms with Crippen molar-refractivity contribution in [1.29, 1.82) is 5.26 Å². The summed E-state index contributed by atoms with van der Waals surface area (Å²) in [6.07, 6.45) is 1.41. The van der Waals surface area contributed by atoms with E-state index in [4.69, 9.17) is 5.26 Å². The molecule has 5 rings (SSSR count). The lowest BCUT2D eigenvalue weighted by molar-refractivity contribution is -0.132. The molecule has 0 N–H and O–H groups in total. The summed E-state index contributed by atoms with van der Waals surface area (Å²) in [5.41, 5.74) is 7.00. The number of aromatic nitrogens is 3. The maximum Gasteiger partial charge on any atom is 0.252 e. The van der Waals surface area contributed by atoms with E-state index in [1.165, 1.54) is 27.7 Å². The standard InChI is InChI=1S/C25H19N5O/c26-13-24-27-17-30(28-24)16-25(31)29-14-20-11-10-19(12-21(20)15-29)23-9-5-4-8-22(23)18-6-2-1-3-7-18/h1-12,17H,14-16H2. The first kappa shape index (κ1) is 18.8. The molecule has 0 bridgehead atoms. The minimum atomic E-state index is -0.0446. The maximum absolute atomic E-state index is 12.7. The summed E-state index contributed by atoms with van der Waals surface area (Å²) in [5.74, 6) is 0.0241. The van der Waals surface area contributed by atoms with Crippen molar-refractivity contribution in [2.24, 2.45) is 0 Å². The van der Waals surface area contributed by atoms with Gasteiger partial charge >= 0.3 is 0 Å². The van der Waals surface area contributed by atoms with E-state index in [9.17, 15) is 4.79 Å². The summed E-state index contributed by atoms with van der Waals surface area (Å²) in [6, 6.07) is 27.1. The number of hydrogen-bond acceptors (Lipinski definition) is 4. The van der Waals surface area contributed by atoms with Crippen LogP contribution in [0.1, 0.15) is 17.0 Å². The van der Waals surface area contributed by atoms with Crippen molar-refractivity contribution in [3.63, 3.8) is 0 Å². The number of nitrogens with zero attached hydrogens (tertiary/aromatic N) is 5. The van der Waals surface area contributed by atoms with Gasteiger partial charge in [0, 0.05) is 13.1 Å². The van der Waals surface area contributed by atoms with Crippen molar-refractivity contribution in [3.8, 4) is 28.3 Å². The normalized spacial score (nSPS) is 12.4. The molecule has 2 heterocycles. The SMILES string of the molecule is N#Cc1ncn(CC(=O)N2Cc3ccc(-c4ccccc4-c4ccccc4)cc3C2)n1. The van der Waals surface area contributed by atoms with Crippen LogP contribution >= 0.6 is 0 Å². The van der Waals surface area contributed by atoms with E-state index in [0.29, 0.717) is 13.1 Å². The van der Waals surface area contributed by atoms with Crippen LogP contribution in [0.2, 0.25) is 0 Å². The molecule has 1 amide bonds. The van der Waals surface area contributed by atoms with E-state index in [0.717, 1.165) is 16.7 Å². The fourth-order valence-electron chi connectivity index (χ4n) is 4.00. The lowest BCUT2D eigenvalue weighted by Gasteiger charge is -2.14. The van der Waals surface area contributed by atoms with E-state index in [2.05, 4.69) is 64.7 Å². The highest BCUT2D eigenvalue weighted by atomic mass is 16.2. The molecule has 150 valence electrons. The summed E-state index contributed by atoms with van der Waals surface area (Å²) < 4.78 is 1.41. The fraction of sp³-hybridized carbons (Fsp3) is 0.120. The van der Waals surface area contributed by atoms with Gasteiger partial charge in [0.25, 0.3) is 5.82 Å². The van der Waals surface area contributed by atoms with Crippen LogP contribution in [0, 0.1) is 11.3 Å². The molecule has 4 aromatic rings. The summed E-state index contributed by atoms with van der Waals surface area (Å²) in [6.45, 7) is 1.22. The van der Waals surface area contributed by atoms with Gasteiger partial charge in [-0.3, -0.25) is 4.79 Å². The van der Waals surface area contributed by atoms with Crippen molar-refractivity contribution in [2.45, 2.75) is 19.6 Å². The van der Waals surface area contributed by atoms with Crippen LogP contribution < -0.4 is 0 Å². The lowest BCUT2D eigenvalue weighted by atomic mass is 9.93. The molecule has 3 aromatic carbocycles. The number of benzene rings is 3. The summed E-state index contributed by atoms with van der Waals surface area (Å²) in [4.78, 5) is 18.4. The van der Waals surface area contributed by atoms with Gasteiger partial charge in [0.2, 0.25) is 5.91 Å². The molecule has 0 fully saturated rings. The van der Waals surface area contributed by atoms with Crippen molar-refractivity contribution >= 4 is 5.91 Å². The van der Waals surface area contributed by atoms with Gasteiger partial charge in [0.05, 0.1) is 0 Å². The van der Waals surface area contributed by atoms with Gasteiger partial charge in [-0.15, -0.1) is 5.10 Å². The van der Waals surface area contributed by atoms with Crippen molar-refractivity contribution < 1.29 is 4.79 Å². The molecule has 0 saturated heterocycles. The summed E-state index contributed by atoms with van der Waals surface area (Å²) >= 11 is 0. The second-order valence-corrected chi connectivity index (χ2v) is 7.52. The Morgan fingerprint density at radius 1 is 0.903 bits per heavy atom. The summed E-state index contributed by atoms with van der Waals surface area (Å²) in [7, 11) is 0. The van der Waals surface area contributed by atoms with Gasteiger partial charge in [0.15, 0.2) is 0 Å². The molecule has 0 unspecified atom stereocenters. The molecule has 1 aromatic heterocycles. The lowest BCUT2D eigenvalue weighted by Crippen LogP contribution is -2.29. The molecule has 0 aliphatic carbocycles. The number of fused-ring (bicyclic) bond motifs is 1. The number of rotatable bonds is 4. The number of nitriles is 1. The first-order valence-corrected chi connectivity index (χ1v) is 10.1. The van der Waals surface area contributed by atoms with Crippen molar-refractivity contribution in [2.75, 3.05) is 0 Å². The largest absolute Gasteiger partial charge is 0.332 e. The number of carbonyl (C=O) groups is 1. The Morgan fingerprint density at radius 3 is 2.35 bits per heavy atom.